The van der Waals surface area contributed by atoms with E-state index in [2.05, 4.69) is 5.32 Å². The van der Waals surface area contributed by atoms with Crippen LogP contribution in [-0.4, -0.2) is 30.1 Å². The summed E-state index contributed by atoms with van der Waals surface area (Å²) < 4.78 is 5.17. The second kappa shape index (κ2) is 10.2. The first-order valence-electron chi connectivity index (χ1n) is 7.82. The molecule has 1 N–H and O–H groups in total. The van der Waals surface area contributed by atoms with Crippen molar-refractivity contribution in [3.63, 3.8) is 0 Å². The Hall–Kier alpha value is -1.66. The van der Waals surface area contributed by atoms with E-state index in [0.29, 0.717) is 18.2 Å². The van der Waals surface area contributed by atoms with Gasteiger partial charge in [-0.2, -0.15) is 0 Å². The van der Waals surface area contributed by atoms with E-state index in [-0.39, 0.29) is 18.1 Å². The molecule has 0 radical (unpaired) electrons. The molecule has 1 aliphatic rings. The number of non-ortho nitro benzene ring substituents is 1. The van der Waals surface area contributed by atoms with Crippen molar-refractivity contribution in [1.29, 1.82) is 0 Å². The normalized spacial score (nSPS) is 14.8. The summed E-state index contributed by atoms with van der Waals surface area (Å²) in [6.07, 6.45) is 7.19. The van der Waals surface area contributed by atoms with Crippen LogP contribution in [0.2, 0.25) is 0 Å². The molecule has 1 aromatic rings. The number of hydrogen-bond acceptors (Lipinski definition) is 5. The molecule has 0 bridgehead atoms. The molecule has 7 heteroatoms. The number of carbonyl (C=O) groups excluding carboxylic acids is 1. The highest BCUT2D eigenvalue weighted by Gasteiger charge is 2.13. The van der Waals surface area contributed by atoms with Crippen molar-refractivity contribution < 1.29 is 14.5 Å². The third-order valence-electron chi connectivity index (χ3n) is 3.91. The molecule has 0 aromatic heterocycles. The number of esters is 1. The molecule has 1 fully saturated rings. The number of benzene rings is 1. The summed E-state index contributed by atoms with van der Waals surface area (Å²) in [5.41, 5.74) is 0.305. The summed E-state index contributed by atoms with van der Waals surface area (Å²) in [6.45, 7) is 1.20. The molecule has 1 aromatic carbocycles. The minimum atomic E-state index is -0.494. The van der Waals surface area contributed by atoms with E-state index in [9.17, 15) is 14.9 Å². The SMILES string of the molecule is Cl.O=C(OCCCNC1CCCCC1)c1ccc([N+](=O)[O-])cc1. The van der Waals surface area contributed by atoms with Gasteiger partial charge in [-0.25, -0.2) is 4.79 Å². The summed E-state index contributed by atoms with van der Waals surface area (Å²) >= 11 is 0. The number of rotatable bonds is 7. The lowest BCUT2D eigenvalue weighted by Gasteiger charge is -2.22. The quantitative estimate of drug-likeness (QED) is 0.355. The molecule has 0 aliphatic heterocycles. The van der Waals surface area contributed by atoms with E-state index in [1.165, 1.54) is 56.4 Å². The number of ether oxygens (including phenoxy) is 1. The Morgan fingerprint density at radius 3 is 2.48 bits per heavy atom. The van der Waals surface area contributed by atoms with Gasteiger partial charge in [0.1, 0.15) is 0 Å². The molecule has 1 saturated carbocycles. The van der Waals surface area contributed by atoms with E-state index >= 15 is 0 Å². The number of nitro benzene ring substituents is 1. The third-order valence-corrected chi connectivity index (χ3v) is 3.91. The predicted octanol–water partition coefficient (Wildman–Crippen LogP) is 3.49. The Labute approximate surface area is 142 Å². The fourth-order valence-electron chi connectivity index (χ4n) is 2.65. The van der Waals surface area contributed by atoms with Crippen LogP contribution in [0.4, 0.5) is 5.69 Å². The Morgan fingerprint density at radius 2 is 1.87 bits per heavy atom. The molecule has 6 nitrogen and oxygen atoms in total. The predicted molar refractivity (Wildman–Crippen MR) is 90.1 cm³/mol. The molecule has 0 amide bonds. The first-order valence-corrected chi connectivity index (χ1v) is 7.82. The van der Waals surface area contributed by atoms with Crippen LogP contribution in [0, 0.1) is 10.1 Å². The van der Waals surface area contributed by atoms with E-state index in [1.54, 1.807) is 0 Å². The molecule has 1 aliphatic carbocycles. The van der Waals surface area contributed by atoms with Crippen LogP contribution in [0.1, 0.15) is 48.9 Å². The van der Waals surface area contributed by atoms with Crippen molar-refractivity contribution in [3.05, 3.63) is 39.9 Å². The number of nitro groups is 1. The van der Waals surface area contributed by atoms with Crippen LogP contribution in [0.15, 0.2) is 24.3 Å². The number of hydrogen-bond donors (Lipinski definition) is 1. The van der Waals surface area contributed by atoms with Crippen LogP contribution < -0.4 is 5.32 Å². The summed E-state index contributed by atoms with van der Waals surface area (Å²) in [7, 11) is 0. The highest BCUT2D eigenvalue weighted by molar-refractivity contribution is 5.89. The second-order valence-corrected chi connectivity index (χ2v) is 5.58. The largest absolute Gasteiger partial charge is 0.462 e. The fourth-order valence-corrected chi connectivity index (χ4v) is 2.65. The van der Waals surface area contributed by atoms with Gasteiger partial charge in [0.25, 0.3) is 5.69 Å². The summed E-state index contributed by atoms with van der Waals surface area (Å²) in [4.78, 5) is 21.8. The molecular weight excluding hydrogens is 320 g/mol. The maximum atomic E-state index is 11.8. The minimum absolute atomic E-state index is 0. The van der Waals surface area contributed by atoms with Gasteiger partial charge in [0.05, 0.1) is 17.1 Å². The van der Waals surface area contributed by atoms with Gasteiger partial charge >= 0.3 is 5.97 Å². The van der Waals surface area contributed by atoms with Crippen LogP contribution in [0.3, 0.4) is 0 Å². The molecule has 0 spiro atoms. The molecule has 2 rings (SSSR count). The topological polar surface area (TPSA) is 81.5 Å². The maximum absolute atomic E-state index is 11.8. The lowest BCUT2D eigenvalue weighted by atomic mass is 9.95. The van der Waals surface area contributed by atoms with Gasteiger partial charge in [-0.1, -0.05) is 19.3 Å². The molecular formula is C16H23ClN2O4. The van der Waals surface area contributed by atoms with E-state index in [1.807, 2.05) is 0 Å². The summed E-state index contributed by atoms with van der Waals surface area (Å²) in [5.74, 6) is -0.437. The lowest BCUT2D eigenvalue weighted by Crippen LogP contribution is -2.32. The number of nitrogens with one attached hydrogen (secondary N) is 1. The van der Waals surface area contributed by atoms with Gasteiger partial charge in [0.15, 0.2) is 0 Å². The third kappa shape index (κ3) is 6.54. The molecule has 128 valence electrons. The van der Waals surface area contributed by atoms with E-state index < -0.39 is 10.9 Å². The Bertz CT molecular complexity index is 501. The molecule has 0 saturated heterocycles. The van der Waals surface area contributed by atoms with Crippen molar-refractivity contribution in [2.45, 2.75) is 44.6 Å². The van der Waals surface area contributed by atoms with Crippen LogP contribution >= 0.6 is 12.4 Å². The van der Waals surface area contributed by atoms with Crippen LogP contribution in [-0.2, 0) is 4.74 Å². The van der Waals surface area contributed by atoms with Crippen molar-refractivity contribution in [2.75, 3.05) is 13.2 Å². The highest BCUT2D eigenvalue weighted by Crippen LogP contribution is 2.17. The molecule has 23 heavy (non-hydrogen) atoms. The van der Waals surface area contributed by atoms with Crippen molar-refractivity contribution in [3.8, 4) is 0 Å². The van der Waals surface area contributed by atoms with Gasteiger partial charge in [0.2, 0.25) is 0 Å². The standard InChI is InChI=1S/C16H22N2O4.ClH/c19-16(13-7-9-15(10-8-13)18(20)21)22-12-4-11-17-14-5-2-1-3-6-14;/h7-10,14,17H,1-6,11-12H2;1H. The number of carbonyl (C=O) groups is 1. The zero-order chi connectivity index (χ0) is 15.8. The zero-order valence-electron chi connectivity index (χ0n) is 13.0. The molecule has 0 heterocycles. The zero-order valence-corrected chi connectivity index (χ0v) is 13.8. The van der Waals surface area contributed by atoms with Gasteiger partial charge in [-0.05, 0) is 37.9 Å². The average Bonchev–Trinajstić information content (AvgIpc) is 2.55. The second-order valence-electron chi connectivity index (χ2n) is 5.58. The average molecular weight is 343 g/mol. The first kappa shape index (κ1) is 19.4. The highest BCUT2D eigenvalue weighted by atomic mass is 35.5. The Kier molecular flexibility index (Phi) is 8.58. The van der Waals surface area contributed by atoms with Gasteiger partial charge in [-0.3, -0.25) is 10.1 Å². The van der Waals surface area contributed by atoms with Gasteiger partial charge < -0.3 is 10.1 Å². The summed E-state index contributed by atoms with van der Waals surface area (Å²) in [6, 6.07) is 6.06. The van der Waals surface area contributed by atoms with Gasteiger partial charge in [-0.15, -0.1) is 12.4 Å². The first-order chi connectivity index (χ1) is 10.7. The fraction of sp³-hybridized carbons (Fsp3) is 0.562. The van der Waals surface area contributed by atoms with E-state index in [0.717, 1.165) is 13.0 Å². The monoisotopic (exact) mass is 342 g/mol. The molecule has 0 atom stereocenters. The molecule has 0 unspecified atom stereocenters. The van der Waals surface area contributed by atoms with Crippen LogP contribution in [0.25, 0.3) is 0 Å². The van der Waals surface area contributed by atoms with Gasteiger partial charge in [0, 0.05) is 18.2 Å². The van der Waals surface area contributed by atoms with Crippen molar-refractivity contribution in [1.82, 2.24) is 5.32 Å². The van der Waals surface area contributed by atoms with Crippen molar-refractivity contribution in [2.24, 2.45) is 0 Å². The van der Waals surface area contributed by atoms with Crippen LogP contribution in [0.5, 0.6) is 0 Å². The number of halogens is 1. The minimum Gasteiger partial charge on any atom is -0.462 e. The van der Waals surface area contributed by atoms with Crippen molar-refractivity contribution >= 4 is 24.1 Å². The lowest BCUT2D eigenvalue weighted by molar-refractivity contribution is -0.384. The number of nitrogens with zero attached hydrogens (tertiary/aromatic N) is 1. The summed E-state index contributed by atoms with van der Waals surface area (Å²) in [5, 5.41) is 14.0. The van der Waals surface area contributed by atoms with E-state index in [4.69, 9.17) is 4.74 Å². The Morgan fingerprint density at radius 1 is 1.22 bits per heavy atom. The maximum Gasteiger partial charge on any atom is 0.338 e. The Balaban J connectivity index is 0.00000264. The smallest absolute Gasteiger partial charge is 0.338 e.